The number of halogens is 3. The highest BCUT2D eigenvalue weighted by Crippen LogP contribution is 2.33. The number of hydrogen-bond donors (Lipinski definition) is 2. The molecule has 0 radical (unpaired) electrons. The van der Waals surface area contributed by atoms with Crippen LogP contribution in [0.1, 0.15) is 21.6 Å². The molecule has 11 nitrogen and oxygen atoms in total. The Balaban J connectivity index is 1.71. The summed E-state index contributed by atoms with van der Waals surface area (Å²) in [5, 5.41) is 2.55. The predicted octanol–water partition coefficient (Wildman–Crippen LogP) is 1.76. The normalized spacial score (nSPS) is 17.5. The second-order valence-corrected chi connectivity index (χ2v) is 9.66. The summed E-state index contributed by atoms with van der Waals surface area (Å²) < 4.78 is 77.7. The molecule has 1 aromatic carbocycles. The van der Waals surface area contributed by atoms with Crippen LogP contribution < -0.4 is 10.0 Å². The number of rotatable bonds is 6. The van der Waals surface area contributed by atoms with Crippen LogP contribution in [0.5, 0.6) is 0 Å². The Morgan fingerprint density at radius 3 is 2.63 bits per heavy atom. The zero-order valence-corrected chi connectivity index (χ0v) is 19.9. The molecule has 1 fully saturated rings. The van der Waals surface area contributed by atoms with Crippen LogP contribution in [0.3, 0.4) is 0 Å². The van der Waals surface area contributed by atoms with Crippen molar-refractivity contribution in [2.75, 3.05) is 45.7 Å². The number of alkyl halides is 3. The van der Waals surface area contributed by atoms with Crippen LogP contribution in [-0.4, -0.2) is 74.8 Å². The third-order valence-corrected chi connectivity index (χ3v) is 6.58. The van der Waals surface area contributed by atoms with Gasteiger partial charge in [-0.2, -0.15) is 30.9 Å². The van der Waals surface area contributed by atoms with Gasteiger partial charge >= 0.3 is 16.4 Å². The monoisotopic (exact) mass is 519 g/mol. The largest absolute Gasteiger partial charge is 0.431 e. The Bertz CT molecular complexity index is 1200. The number of amides is 2. The molecule has 0 spiro atoms. The van der Waals surface area contributed by atoms with E-state index in [-0.39, 0.29) is 43.9 Å². The number of aromatic nitrogens is 1. The van der Waals surface area contributed by atoms with Crippen molar-refractivity contribution in [1.29, 1.82) is 0 Å². The third-order valence-electron chi connectivity index (χ3n) is 5.12. The highest BCUT2D eigenvalue weighted by Gasteiger charge is 2.34. The summed E-state index contributed by atoms with van der Waals surface area (Å²) in [5.74, 6) is -2.20. The average molecular weight is 520 g/mol. The van der Waals surface area contributed by atoms with E-state index in [4.69, 9.17) is 9.15 Å². The van der Waals surface area contributed by atoms with Gasteiger partial charge in [-0.1, -0.05) is 6.07 Å². The van der Waals surface area contributed by atoms with E-state index in [2.05, 4.69) is 10.3 Å². The summed E-state index contributed by atoms with van der Waals surface area (Å²) >= 11 is 0. The van der Waals surface area contributed by atoms with Gasteiger partial charge in [-0.05, 0) is 24.6 Å². The first-order valence-corrected chi connectivity index (χ1v) is 11.7. The Hall–Kier alpha value is -3.17. The minimum atomic E-state index is -4.56. The number of carbonyl (C=O) groups is 2. The Morgan fingerprint density at radius 2 is 1.97 bits per heavy atom. The number of anilines is 2. The highest BCUT2D eigenvalue weighted by atomic mass is 32.2. The van der Waals surface area contributed by atoms with Crippen molar-refractivity contribution >= 4 is 33.7 Å². The molecular weight excluding hydrogens is 495 g/mol. The number of nitrogens with one attached hydrogen (secondary N) is 2. The molecule has 2 N–H and O–H groups in total. The minimum Gasteiger partial charge on any atom is -0.431 e. The van der Waals surface area contributed by atoms with Gasteiger partial charge in [0.2, 0.25) is 5.91 Å². The Kier molecular flexibility index (Phi) is 7.71. The molecule has 1 aliphatic rings. The Morgan fingerprint density at radius 1 is 1.26 bits per heavy atom. The molecule has 2 amide bonds. The van der Waals surface area contributed by atoms with Gasteiger partial charge in [-0.3, -0.25) is 9.59 Å². The van der Waals surface area contributed by atoms with Gasteiger partial charge in [0.05, 0.1) is 24.7 Å². The predicted molar refractivity (Wildman–Crippen MR) is 117 cm³/mol. The van der Waals surface area contributed by atoms with E-state index < -0.39 is 39.5 Å². The maximum Gasteiger partial charge on any atom is 0.416 e. The Labute approximate surface area is 199 Å². The summed E-state index contributed by atoms with van der Waals surface area (Å²) in [7, 11) is -1.30. The van der Waals surface area contributed by atoms with Crippen LogP contribution in [0.4, 0.5) is 24.9 Å². The zero-order valence-electron chi connectivity index (χ0n) is 19.0. The zero-order chi connectivity index (χ0) is 26.0. The van der Waals surface area contributed by atoms with E-state index in [1.165, 1.54) is 25.1 Å². The number of carbonyl (C=O) groups excluding carboxylic acids is 2. The number of hydrogen-bond acceptors (Lipinski definition) is 8. The van der Waals surface area contributed by atoms with Crippen molar-refractivity contribution in [1.82, 2.24) is 18.9 Å². The number of aryl methyl sites for hydroxylation is 1. The molecule has 0 saturated carbocycles. The summed E-state index contributed by atoms with van der Waals surface area (Å²) in [4.78, 5) is 29.9. The van der Waals surface area contributed by atoms with Crippen molar-refractivity contribution in [3.8, 4) is 0 Å². The fraction of sp³-hybridized carbons (Fsp3) is 0.450. The van der Waals surface area contributed by atoms with Crippen LogP contribution in [0.15, 0.2) is 28.9 Å². The highest BCUT2D eigenvalue weighted by molar-refractivity contribution is 7.87. The molecule has 1 aliphatic heterocycles. The van der Waals surface area contributed by atoms with Gasteiger partial charge in [0.15, 0.2) is 5.69 Å². The van der Waals surface area contributed by atoms with E-state index in [1.807, 2.05) is 4.72 Å². The van der Waals surface area contributed by atoms with Crippen LogP contribution >= 0.6 is 0 Å². The standard InChI is InChI=1S/C20H24F3N5O6S/c1-12-4-5-14(20(21,22)23)8-15(12)24-19-25-16(11-34-19)17(29)26-35(31,32)28-6-7-33-10-13(9-28)18(30)27(2)3/h4-5,8,11,13H,6-7,9-10H2,1-3H3,(H,24,25)(H,26,29). The van der Waals surface area contributed by atoms with Crippen LogP contribution in [-0.2, 0) is 25.9 Å². The van der Waals surface area contributed by atoms with Gasteiger partial charge in [0, 0.05) is 32.9 Å². The summed E-state index contributed by atoms with van der Waals surface area (Å²) in [6.45, 7) is 1.34. The van der Waals surface area contributed by atoms with E-state index >= 15 is 0 Å². The topological polar surface area (TPSA) is 134 Å². The SMILES string of the molecule is Cc1ccc(C(F)(F)F)cc1Nc1nc(C(=O)NS(=O)(=O)N2CCOCC(C(=O)N(C)C)C2)co1. The lowest BCUT2D eigenvalue weighted by molar-refractivity contribution is -0.137. The first kappa shape index (κ1) is 26.4. The minimum absolute atomic E-state index is 0.0285. The van der Waals surface area contributed by atoms with Gasteiger partial charge < -0.3 is 19.4 Å². The number of ether oxygens (including phenoxy) is 1. The molecule has 1 unspecified atom stereocenters. The molecular formula is C20H24F3N5O6S. The van der Waals surface area contributed by atoms with Gasteiger partial charge in [0.25, 0.3) is 11.9 Å². The molecule has 2 aromatic rings. The second-order valence-electron chi connectivity index (χ2n) is 7.99. The lowest BCUT2D eigenvalue weighted by atomic mass is 10.1. The third kappa shape index (κ3) is 6.49. The first-order valence-electron chi connectivity index (χ1n) is 10.3. The molecule has 0 bridgehead atoms. The maximum atomic E-state index is 13.0. The second kappa shape index (κ2) is 10.2. The first-order chi connectivity index (χ1) is 16.3. The van der Waals surface area contributed by atoms with Crippen LogP contribution in [0, 0.1) is 12.8 Å². The molecule has 1 saturated heterocycles. The van der Waals surface area contributed by atoms with Crippen molar-refractivity contribution < 1.29 is 40.3 Å². The summed E-state index contributed by atoms with van der Waals surface area (Å²) in [6, 6.07) is 2.73. The molecule has 15 heteroatoms. The molecule has 3 rings (SSSR count). The molecule has 0 aliphatic carbocycles. The van der Waals surface area contributed by atoms with Crippen molar-refractivity contribution in [2.24, 2.45) is 5.92 Å². The fourth-order valence-corrected chi connectivity index (χ4v) is 4.39. The van der Waals surface area contributed by atoms with E-state index in [9.17, 15) is 31.2 Å². The number of benzene rings is 1. The van der Waals surface area contributed by atoms with Gasteiger partial charge in [-0.25, -0.2) is 4.72 Å². The van der Waals surface area contributed by atoms with E-state index in [1.54, 1.807) is 6.92 Å². The lowest BCUT2D eigenvalue weighted by Gasteiger charge is -2.24. The molecule has 35 heavy (non-hydrogen) atoms. The fourth-order valence-electron chi connectivity index (χ4n) is 3.23. The number of nitrogens with zero attached hydrogens (tertiary/aromatic N) is 3. The molecule has 192 valence electrons. The molecule has 1 atom stereocenters. The summed E-state index contributed by atoms with van der Waals surface area (Å²) in [5.41, 5.74) is -0.821. The van der Waals surface area contributed by atoms with Gasteiger partial charge in [-0.15, -0.1) is 0 Å². The smallest absolute Gasteiger partial charge is 0.416 e. The van der Waals surface area contributed by atoms with E-state index in [0.717, 1.165) is 22.7 Å². The summed E-state index contributed by atoms with van der Waals surface area (Å²) in [6.07, 6.45) is -3.70. The van der Waals surface area contributed by atoms with E-state index in [0.29, 0.717) is 5.56 Å². The molecule has 2 heterocycles. The van der Waals surface area contributed by atoms with Crippen molar-refractivity contribution in [3.63, 3.8) is 0 Å². The quantitative estimate of drug-likeness (QED) is 0.590. The number of oxazole rings is 1. The van der Waals surface area contributed by atoms with Crippen LogP contribution in [0.2, 0.25) is 0 Å². The van der Waals surface area contributed by atoms with Crippen molar-refractivity contribution in [3.05, 3.63) is 41.3 Å². The van der Waals surface area contributed by atoms with Crippen molar-refractivity contribution in [2.45, 2.75) is 13.1 Å². The lowest BCUT2D eigenvalue weighted by Crippen LogP contribution is -2.47. The van der Waals surface area contributed by atoms with Gasteiger partial charge in [0.1, 0.15) is 6.26 Å². The average Bonchev–Trinajstić information content (AvgIpc) is 3.08. The van der Waals surface area contributed by atoms with Crippen LogP contribution in [0.25, 0.3) is 0 Å². The maximum absolute atomic E-state index is 13.0. The molecule has 1 aromatic heterocycles.